The highest BCUT2D eigenvalue weighted by molar-refractivity contribution is 5.76. The molecule has 0 amide bonds. The molecule has 0 spiro atoms. The van der Waals surface area contributed by atoms with Crippen molar-refractivity contribution in [2.24, 2.45) is 5.92 Å². The van der Waals surface area contributed by atoms with Crippen molar-refractivity contribution in [1.82, 2.24) is 25.9 Å². The van der Waals surface area contributed by atoms with E-state index in [1.807, 2.05) is 6.92 Å². The van der Waals surface area contributed by atoms with Gasteiger partial charge in [0.1, 0.15) is 0 Å². The number of carboxylic acid groups (broad SMARTS) is 1. The molecule has 2 heterocycles. The van der Waals surface area contributed by atoms with Crippen LogP contribution in [0.5, 0.6) is 0 Å². The second-order valence-electron chi connectivity index (χ2n) is 7.82. The van der Waals surface area contributed by atoms with Crippen LogP contribution in [0.4, 0.5) is 13.2 Å². The summed E-state index contributed by atoms with van der Waals surface area (Å²) in [4.78, 5) is 23.3. The van der Waals surface area contributed by atoms with Gasteiger partial charge in [0.25, 0.3) is 0 Å². The third-order valence-electron chi connectivity index (χ3n) is 5.67. The van der Waals surface area contributed by atoms with Crippen LogP contribution in [-0.2, 0) is 26.3 Å². The van der Waals surface area contributed by atoms with Crippen molar-refractivity contribution in [1.29, 1.82) is 0 Å². The van der Waals surface area contributed by atoms with Crippen molar-refractivity contribution in [3.8, 4) is 0 Å². The predicted octanol–water partition coefficient (Wildman–Crippen LogP) is 2.32. The molecule has 1 fully saturated rings. The molecule has 0 bridgehead atoms. The number of carbonyl (C=O) groups excluding carboxylic acids is 1. The Morgan fingerprint density at radius 2 is 2.00 bits per heavy atom. The molecule has 1 aliphatic heterocycles. The number of esters is 1. The van der Waals surface area contributed by atoms with Crippen LogP contribution < -0.4 is 5.32 Å². The third kappa shape index (κ3) is 5.23. The number of alkyl halides is 3. The number of aromatic amines is 1. The van der Waals surface area contributed by atoms with Crippen LogP contribution in [-0.4, -0.2) is 56.9 Å². The van der Waals surface area contributed by atoms with E-state index in [-0.39, 0.29) is 18.8 Å². The van der Waals surface area contributed by atoms with Gasteiger partial charge in [-0.2, -0.15) is 18.4 Å². The van der Waals surface area contributed by atoms with E-state index in [0.29, 0.717) is 31.4 Å². The van der Waals surface area contributed by atoms with E-state index < -0.39 is 35.6 Å². The number of hydrogen-bond acceptors (Lipinski definition) is 7. The Morgan fingerprint density at radius 1 is 1.28 bits per heavy atom. The smallest absolute Gasteiger partial charge is 0.481 e. The second-order valence-corrected chi connectivity index (χ2v) is 7.82. The molecule has 1 saturated heterocycles. The predicted molar refractivity (Wildman–Crippen MR) is 104 cm³/mol. The number of nitrogens with zero attached hydrogens (tertiary/aromatic N) is 3. The Kier molecular flexibility index (Phi) is 7.12. The lowest BCUT2D eigenvalue weighted by Crippen LogP contribution is -2.39. The number of halogens is 3. The minimum absolute atomic E-state index is 0.0667. The zero-order valence-corrected chi connectivity index (χ0v) is 17.4. The fourth-order valence-electron chi connectivity index (χ4n) is 4.04. The highest BCUT2D eigenvalue weighted by Gasteiger charge is 2.48. The Labute approximate surface area is 181 Å². The number of rotatable bonds is 9. The first-order valence-corrected chi connectivity index (χ1v) is 10.2. The second kappa shape index (κ2) is 9.63. The SMILES string of the molecule is CCC[C@H](C(=O)O)[C@H](Cc1ccc(C2(OC(=O)C(F)(F)F)CCNC2)cc1)c1nn[nH]n1. The lowest BCUT2D eigenvalue weighted by Gasteiger charge is -2.29. The fraction of sp³-hybridized carbons (Fsp3) is 0.550. The number of aliphatic carboxylic acids is 1. The van der Waals surface area contributed by atoms with Crippen molar-refractivity contribution >= 4 is 11.9 Å². The first kappa shape index (κ1) is 23.6. The van der Waals surface area contributed by atoms with E-state index in [9.17, 15) is 27.9 Å². The minimum atomic E-state index is -5.08. The molecule has 2 aromatic rings. The molecule has 32 heavy (non-hydrogen) atoms. The molecule has 1 aromatic carbocycles. The van der Waals surface area contributed by atoms with Gasteiger partial charge in [0.15, 0.2) is 11.4 Å². The molecule has 3 N–H and O–H groups in total. The monoisotopic (exact) mass is 455 g/mol. The van der Waals surface area contributed by atoms with Gasteiger partial charge in [-0.1, -0.05) is 42.8 Å². The van der Waals surface area contributed by atoms with Gasteiger partial charge in [-0.3, -0.25) is 4.79 Å². The van der Waals surface area contributed by atoms with Crippen LogP contribution in [0.1, 0.15) is 49.1 Å². The summed E-state index contributed by atoms with van der Waals surface area (Å²) in [7, 11) is 0. The van der Waals surface area contributed by atoms with Gasteiger partial charge < -0.3 is 15.2 Å². The number of nitrogens with one attached hydrogen (secondary N) is 2. The van der Waals surface area contributed by atoms with Crippen LogP contribution >= 0.6 is 0 Å². The van der Waals surface area contributed by atoms with E-state index >= 15 is 0 Å². The largest absolute Gasteiger partial charge is 0.490 e. The van der Waals surface area contributed by atoms with Crippen LogP contribution in [0.25, 0.3) is 0 Å². The first-order valence-electron chi connectivity index (χ1n) is 10.2. The average molecular weight is 455 g/mol. The van der Waals surface area contributed by atoms with Gasteiger partial charge >= 0.3 is 18.1 Å². The Hall–Kier alpha value is -3.02. The maximum Gasteiger partial charge on any atom is 0.490 e. The molecule has 3 rings (SSSR count). The standard InChI is InChI=1S/C20H24F3N5O4/c1-2-3-14(17(29)30)15(16-25-27-28-26-16)10-12-4-6-13(7-5-12)19(8-9-24-11-19)32-18(31)20(21,22)23/h4-7,14-15,24H,2-3,8-11H2,1H3,(H,29,30)(H,25,26,27,28)/t14-,15-,19?/m0/s1. The van der Waals surface area contributed by atoms with Crippen molar-refractivity contribution in [3.05, 3.63) is 41.2 Å². The number of carbonyl (C=O) groups is 2. The maximum atomic E-state index is 12.8. The molecule has 174 valence electrons. The summed E-state index contributed by atoms with van der Waals surface area (Å²) in [6.07, 6.45) is -3.50. The normalized spacial score (nSPS) is 20.6. The number of ether oxygens (including phenoxy) is 1. The molecule has 1 aromatic heterocycles. The number of H-pyrrole nitrogens is 1. The van der Waals surface area contributed by atoms with Gasteiger partial charge in [0.05, 0.1) is 5.92 Å². The molecule has 12 heteroatoms. The summed E-state index contributed by atoms with van der Waals surface area (Å²) in [6, 6.07) is 6.59. The lowest BCUT2D eigenvalue weighted by molar-refractivity contribution is -0.213. The van der Waals surface area contributed by atoms with Crippen molar-refractivity contribution < 1.29 is 32.6 Å². The molecular formula is C20H24F3N5O4. The lowest BCUT2D eigenvalue weighted by atomic mass is 9.82. The number of aromatic nitrogens is 4. The Balaban J connectivity index is 1.84. The number of benzene rings is 1. The molecule has 9 nitrogen and oxygen atoms in total. The number of tetrazole rings is 1. The molecule has 0 radical (unpaired) electrons. The van der Waals surface area contributed by atoms with E-state index in [4.69, 9.17) is 4.74 Å². The van der Waals surface area contributed by atoms with Gasteiger partial charge in [-0.05, 0) is 30.5 Å². The zero-order chi connectivity index (χ0) is 23.4. The molecule has 0 saturated carbocycles. The fourth-order valence-corrected chi connectivity index (χ4v) is 4.04. The van der Waals surface area contributed by atoms with E-state index in [0.717, 1.165) is 5.56 Å². The minimum Gasteiger partial charge on any atom is -0.481 e. The van der Waals surface area contributed by atoms with Crippen LogP contribution in [0.3, 0.4) is 0 Å². The third-order valence-corrected chi connectivity index (χ3v) is 5.67. The Morgan fingerprint density at radius 3 is 2.50 bits per heavy atom. The van der Waals surface area contributed by atoms with Crippen LogP contribution in [0.2, 0.25) is 0 Å². The summed E-state index contributed by atoms with van der Waals surface area (Å²) >= 11 is 0. The topological polar surface area (TPSA) is 130 Å². The molecule has 0 aliphatic carbocycles. The molecular weight excluding hydrogens is 431 g/mol. The average Bonchev–Trinajstić information content (AvgIpc) is 3.43. The van der Waals surface area contributed by atoms with Crippen LogP contribution in [0, 0.1) is 5.92 Å². The van der Waals surface area contributed by atoms with Gasteiger partial charge in [-0.15, -0.1) is 10.2 Å². The Bertz CT molecular complexity index is 912. The van der Waals surface area contributed by atoms with Crippen LogP contribution in [0.15, 0.2) is 24.3 Å². The van der Waals surface area contributed by atoms with Crippen molar-refractivity contribution in [2.45, 2.75) is 50.3 Å². The molecule has 1 aliphatic rings. The summed E-state index contributed by atoms with van der Waals surface area (Å²) < 4.78 is 43.2. The first-order chi connectivity index (χ1) is 15.2. The number of carboxylic acids is 1. The highest BCUT2D eigenvalue weighted by Crippen LogP contribution is 2.36. The van der Waals surface area contributed by atoms with Crippen molar-refractivity contribution in [3.63, 3.8) is 0 Å². The van der Waals surface area contributed by atoms with E-state index in [1.165, 1.54) is 0 Å². The quantitative estimate of drug-likeness (QED) is 0.491. The van der Waals surface area contributed by atoms with E-state index in [1.54, 1.807) is 24.3 Å². The molecule has 3 atom stereocenters. The molecule has 1 unspecified atom stereocenters. The van der Waals surface area contributed by atoms with Gasteiger partial charge in [0, 0.05) is 18.9 Å². The van der Waals surface area contributed by atoms with Gasteiger partial charge in [-0.25, -0.2) is 4.79 Å². The maximum absolute atomic E-state index is 12.8. The zero-order valence-electron chi connectivity index (χ0n) is 17.4. The highest BCUT2D eigenvalue weighted by atomic mass is 19.4. The van der Waals surface area contributed by atoms with E-state index in [2.05, 4.69) is 25.9 Å². The number of hydrogen-bond donors (Lipinski definition) is 3. The van der Waals surface area contributed by atoms with Crippen molar-refractivity contribution in [2.75, 3.05) is 13.1 Å². The van der Waals surface area contributed by atoms with Gasteiger partial charge in [0.2, 0.25) is 0 Å². The summed E-state index contributed by atoms with van der Waals surface area (Å²) in [6.45, 7) is 2.36. The summed E-state index contributed by atoms with van der Waals surface area (Å²) in [5.74, 6) is -4.18. The summed E-state index contributed by atoms with van der Waals surface area (Å²) in [5, 5.41) is 26.4. The summed E-state index contributed by atoms with van der Waals surface area (Å²) in [5.41, 5.74) is -0.234.